The number of para-hydroxylation sites is 2. The minimum absolute atomic E-state index is 0.0155. The van der Waals surface area contributed by atoms with Crippen LogP contribution >= 0.6 is 0 Å². The number of fused-ring (bicyclic) bond motifs is 1. The minimum atomic E-state index is -0.113. The monoisotopic (exact) mass is 320 g/mol. The summed E-state index contributed by atoms with van der Waals surface area (Å²) in [5, 5.41) is 3.04. The van der Waals surface area contributed by atoms with Gasteiger partial charge in [-0.2, -0.15) is 0 Å². The van der Waals surface area contributed by atoms with E-state index in [2.05, 4.69) is 14.9 Å². The van der Waals surface area contributed by atoms with Crippen LogP contribution in [0.2, 0.25) is 0 Å². The molecule has 1 N–H and O–H groups in total. The van der Waals surface area contributed by atoms with Crippen LogP contribution in [0, 0.1) is 0 Å². The van der Waals surface area contributed by atoms with Gasteiger partial charge in [0.25, 0.3) is 0 Å². The molecular weight excluding hydrogens is 300 g/mol. The number of rotatable bonds is 5. The second-order valence-corrected chi connectivity index (χ2v) is 6.36. The van der Waals surface area contributed by atoms with Crippen LogP contribution in [0.3, 0.4) is 0 Å². The third-order valence-electron chi connectivity index (χ3n) is 4.44. The third kappa shape index (κ3) is 2.89. The van der Waals surface area contributed by atoms with Gasteiger partial charge in [-0.05, 0) is 44.0 Å². The maximum Gasteiger partial charge on any atom is 0.240 e. The summed E-state index contributed by atoms with van der Waals surface area (Å²) in [5.74, 6) is 1.52. The molecule has 0 aliphatic heterocycles. The Balaban J connectivity index is 1.55. The molecule has 3 aromatic rings. The number of carbonyl (C=O) groups is 1. The maximum absolute atomic E-state index is 12.5. The van der Waals surface area contributed by atoms with Crippen molar-refractivity contribution in [2.75, 3.05) is 0 Å². The van der Waals surface area contributed by atoms with Gasteiger partial charge in [-0.3, -0.25) is 9.78 Å². The van der Waals surface area contributed by atoms with E-state index in [-0.39, 0.29) is 11.9 Å². The first-order chi connectivity index (χ1) is 11.7. The molecule has 1 saturated carbocycles. The van der Waals surface area contributed by atoms with Crippen molar-refractivity contribution in [3.05, 3.63) is 60.2 Å². The molecule has 24 heavy (non-hydrogen) atoms. The first kappa shape index (κ1) is 14.9. The summed E-state index contributed by atoms with van der Waals surface area (Å²) in [6, 6.07) is 13.6. The number of pyridine rings is 1. The van der Waals surface area contributed by atoms with Gasteiger partial charge in [0.2, 0.25) is 5.91 Å². The topological polar surface area (TPSA) is 59.8 Å². The third-order valence-corrected chi connectivity index (χ3v) is 4.44. The van der Waals surface area contributed by atoms with Crippen molar-refractivity contribution in [1.29, 1.82) is 0 Å². The molecule has 1 amide bonds. The first-order valence-electron chi connectivity index (χ1n) is 8.38. The number of nitrogens with one attached hydrogen (secondary N) is 1. The number of amides is 1. The molecule has 5 heteroatoms. The van der Waals surface area contributed by atoms with Crippen LogP contribution in [-0.4, -0.2) is 20.4 Å². The predicted octanol–water partition coefficient (Wildman–Crippen LogP) is 3.19. The Bertz CT molecular complexity index is 867. The number of carbonyl (C=O) groups excluding carboxylic acids is 1. The zero-order chi connectivity index (χ0) is 16.5. The van der Waals surface area contributed by atoms with Gasteiger partial charge in [-0.1, -0.05) is 18.2 Å². The second kappa shape index (κ2) is 6.07. The molecular formula is C19H20N4O. The zero-order valence-electron chi connectivity index (χ0n) is 13.6. The standard InChI is InChI=1S/C19H20N4O/c1-13(15-6-4-5-11-20-15)21-18(24)12-23-17-8-3-2-7-16(17)22-19(23)14-9-10-14/h2-8,11,13-14H,9-10,12H2,1H3,(H,21,24)/t13-/m1/s1. The maximum atomic E-state index is 12.5. The molecule has 2 heterocycles. The largest absolute Gasteiger partial charge is 0.346 e. The first-order valence-corrected chi connectivity index (χ1v) is 8.38. The highest BCUT2D eigenvalue weighted by molar-refractivity contribution is 5.81. The molecule has 2 aromatic heterocycles. The summed E-state index contributed by atoms with van der Waals surface area (Å²) >= 11 is 0. The number of hydrogen-bond acceptors (Lipinski definition) is 3. The van der Waals surface area contributed by atoms with Crippen molar-refractivity contribution in [2.24, 2.45) is 0 Å². The van der Waals surface area contributed by atoms with Crippen molar-refractivity contribution in [2.45, 2.75) is 38.3 Å². The van der Waals surface area contributed by atoms with Crippen LogP contribution in [0.25, 0.3) is 11.0 Å². The van der Waals surface area contributed by atoms with Gasteiger partial charge in [-0.15, -0.1) is 0 Å². The molecule has 122 valence electrons. The number of aromatic nitrogens is 3. The number of benzene rings is 1. The SMILES string of the molecule is C[C@@H](NC(=O)Cn1c(C2CC2)nc2ccccc21)c1ccccn1. The predicted molar refractivity (Wildman–Crippen MR) is 92.5 cm³/mol. The lowest BCUT2D eigenvalue weighted by molar-refractivity contribution is -0.122. The number of hydrogen-bond donors (Lipinski definition) is 1. The zero-order valence-corrected chi connectivity index (χ0v) is 13.6. The second-order valence-electron chi connectivity index (χ2n) is 6.36. The highest BCUT2D eigenvalue weighted by Gasteiger charge is 2.30. The Labute approximate surface area is 140 Å². The van der Waals surface area contributed by atoms with E-state index < -0.39 is 0 Å². The lowest BCUT2D eigenvalue weighted by Gasteiger charge is -2.15. The molecule has 1 aromatic carbocycles. The van der Waals surface area contributed by atoms with E-state index in [1.54, 1.807) is 6.20 Å². The Morgan fingerprint density at radius 2 is 2.04 bits per heavy atom. The molecule has 5 nitrogen and oxygen atoms in total. The van der Waals surface area contributed by atoms with Crippen LogP contribution in [0.5, 0.6) is 0 Å². The summed E-state index contributed by atoms with van der Waals surface area (Å²) in [6.45, 7) is 2.25. The van der Waals surface area contributed by atoms with E-state index in [1.807, 2.05) is 49.4 Å². The highest BCUT2D eigenvalue weighted by atomic mass is 16.2. The van der Waals surface area contributed by atoms with Gasteiger partial charge in [0.1, 0.15) is 12.4 Å². The number of nitrogens with zero attached hydrogens (tertiary/aromatic N) is 3. The van der Waals surface area contributed by atoms with E-state index in [0.717, 1.165) is 35.4 Å². The van der Waals surface area contributed by atoms with Gasteiger partial charge < -0.3 is 9.88 Å². The van der Waals surface area contributed by atoms with E-state index >= 15 is 0 Å². The van der Waals surface area contributed by atoms with E-state index in [9.17, 15) is 4.79 Å². The summed E-state index contributed by atoms with van der Waals surface area (Å²) in [7, 11) is 0. The molecule has 1 aliphatic carbocycles. The quantitative estimate of drug-likeness (QED) is 0.785. The van der Waals surface area contributed by atoms with Crippen LogP contribution in [0.1, 0.15) is 43.2 Å². The Morgan fingerprint density at radius 1 is 1.25 bits per heavy atom. The Kier molecular flexibility index (Phi) is 3.76. The number of imidazole rings is 1. The molecule has 0 spiro atoms. The van der Waals surface area contributed by atoms with Gasteiger partial charge in [0.05, 0.1) is 22.8 Å². The van der Waals surface area contributed by atoms with Crippen molar-refractivity contribution in [1.82, 2.24) is 19.9 Å². The molecule has 0 unspecified atom stereocenters. The summed E-state index contributed by atoms with van der Waals surface area (Å²) in [4.78, 5) is 21.6. The van der Waals surface area contributed by atoms with Crippen LogP contribution in [0.4, 0.5) is 0 Å². The molecule has 1 aliphatic rings. The van der Waals surface area contributed by atoms with Crippen molar-refractivity contribution < 1.29 is 4.79 Å². The van der Waals surface area contributed by atoms with Gasteiger partial charge in [0.15, 0.2) is 0 Å². The fourth-order valence-electron chi connectivity index (χ4n) is 3.05. The lowest BCUT2D eigenvalue weighted by atomic mass is 10.2. The molecule has 0 saturated heterocycles. The van der Waals surface area contributed by atoms with E-state index in [1.165, 1.54) is 0 Å². The summed E-state index contributed by atoms with van der Waals surface area (Å²) in [5.41, 5.74) is 2.86. The van der Waals surface area contributed by atoms with E-state index in [0.29, 0.717) is 12.5 Å². The highest BCUT2D eigenvalue weighted by Crippen LogP contribution is 2.40. The fourth-order valence-corrected chi connectivity index (χ4v) is 3.05. The van der Waals surface area contributed by atoms with Crippen LogP contribution in [-0.2, 0) is 11.3 Å². The smallest absolute Gasteiger partial charge is 0.240 e. The molecule has 1 fully saturated rings. The van der Waals surface area contributed by atoms with Crippen molar-refractivity contribution in [3.63, 3.8) is 0 Å². The van der Waals surface area contributed by atoms with Gasteiger partial charge in [-0.25, -0.2) is 4.98 Å². The molecule has 1 atom stereocenters. The average molecular weight is 320 g/mol. The summed E-state index contributed by atoms with van der Waals surface area (Å²) in [6.07, 6.45) is 4.07. The molecule has 0 radical (unpaired) electrons. The molecule has 0 bridgehead atoms. The molecule has 4 rings (SSSR count). The average Bonchev–Trinajstić information content (AvgIpc) is 3.39. The van der Waals surface area contributed by atoms with Gasteiger partial charge in [0, 0.05) is 12.1 Å². The Morgan fingerprint density at radius 3 is 2.79 bits per heavy atom. The van der Waals surface area contributed by atoms with E-state index in [4.69, 9.17) is 4.98 Å². The lowest BCUT2D eigenvalue weighted by Crippen LogP contribution is -2.31. The van der Waals surface area contributed by atoms with Crippen LogP contribution in [0.15, 0.2) is 48.7 Å². The van der Waals surface area contributed by atoms with Crippen molar-refractivity contribution >= 4 is 16.9 Å². The summed E-state index contributed by atoms with van der Waals surface area (Å²) < 4.78 is 2.06. The fraction of sp³-hybridized carbons (Fsp3) is 0.316. The van der Waals surface area contributed by atoms with Crippen LogP contribution < -0.4 is 5.32 Å². The minimum Gasteiger partial charge on any atom is -0.346 e. The van der Waals surface area contributed by atoms with Crippen molar-refractivity contribution in [3.8, 4) is 0 Å². The van der Waals surface area contributed by atoms with Gasteiger partial charge >= 0.3 is 0 Å². The normalized spacial score (nSPS) is 15.4. The Hall–Kier alpha value is -2.69.